The van der Waals surface area contributed by atoms with E-state index in [1.165, 1.54) is 4.31 Å². The first kappa shape index (κ1) is 22.8. The summed E-state index contributed by atoms with van der Waals surface area (Å²) < 4.78 is 70.9. The number of piperidine rings is 1. The number of carbonyl (C=O) groups excluding carboxylic acids is 2. The van der Waals surface area contributed by atoms with Gasteiger partial charge in [-0.2, -0.15) is 17.5 Å². The summed E-state index contributed by atoms with van der Waals surface area (Å²) in [6.45, 7) is 1.84. The van der Waals surface area contributed by atoms with E-state index in [1.54, 1.807) is 0 Å². The number of amides is 2. The number of alkyl halides is 3. The number of carbonyl (C=O) groups is 2. The van der Waals surface area contributed by atoms with Crippen LogP contribution < -0.4 is 10.6 Å². The fourth-order valence-electron chi connectivity index (χ4n) is 3.12. The molecule has 8 nitrogen and oxygen atoms in total. The molecule has 2 heterocycles. The largest absolute Gasteiger partial charge is 0.438 e. The van der Waals surface area contributed by atoms with E-state index >= 15 is 0 Å². The van der Waals surface area contributed by atoms with Crippen LogP contribution in [0.2, 0.25) is 0 Å². The molecule has 31 heavy (non-hydrogen) atoms. The lowest BCUT2D eigenvalue weighted by Gasteiger charge is -2.24. The van der Waals surface area contributed by atoms with E-state index in [0.29, 0.717) is 19.2 Å². The first-order chi connectivity index (χ1) is 14.5. The molecule has 12 heteroatoms. The lowest BCUT2D eigenvalue weighted by Crippen LogP contribution is -2.35. The summed E-state index contributed by atoms with van der Waals surface area (Å²) in [5.41, 5.74) is -1.40. The van der Waals surface area contributed by atoms with Crippen molar-refractivity contribution in [1.29, 1.82) is 0 Å². The first-order valence-corrected chi connectivity index (χ1v) is 10.8. The third-order valence-corrected chi connectivity index (χ3v) is 6.39. The van der Waals surface area contributed by atoms with Crippen LogP contribution in [-0.4, -0.2) is 37.6 Å². The lowest BCUT2D eigenvalue weighted by molar-refractivity contribution is -0.137. The normalized spacial score (nSPS) is 15.5. The molecule has 3 rings (SSSR count). The predicted molar refractivity (Wildman–Crippen MR) is 105 cm³/mol. The van der Waals surface area contributed by atoms with E-state index < -0.39 is 44.4 Å². The minimum atomic E-state index is -4.67. The van der Waals surface area contributed by atoms with Crippen LogP contribution in [0.25, 0.3) is 0 Å². The minimum Gasteiger partial charge on any atom is -0.438 e. The van der Waals surface area contributed by atoms with Crippen LogP contribution in [0.1, 0.15) is 42.3 Å². The second-order valence-electron chi connectivity index (χ2n) is 6.98. The summed E-state index contributed by atoms with van der Waals surface area (Å²) >= 11 is 0. The second kappa shape index (κ2) is 8.71. The quantitative estimate of drug-likeness (QED) is 0.709. The number of rotatable bonds is 5. The molecule has 0 radical (unpaired) electrons. The number of hydrogen-bond acceptors (Lipinski definition) is 5. The molecule has 0 unspecified atom stereocenters. The molecule has 0 spiro atoms. The van der Waals surface area contributed by atoms with Gasteiger partial charge in [-0.1, -0.05) is 6.42 Å². The molecular weight excluding hydrogens is 439 g/mol. The molecular formula is C19H20F3N3O5S. The van der Waals surface area contributed by atoms with Crippen LogP contribution in [0.3, 0.4) is 0 Å². The van der Waals surface area contributed by atoms with Crippen LogP contribution in [0, 0.1) is 0 Å². The molecule has 1 saturated heterocycles. The summed E-state index contributed by atoms with van der Waals surface area (Å²) in [7, 11) is -3.92. The van der Waals surface area contributed by atoms with E-state index in [9.17, 15) is 31.2 Å². The van der Waals surface area contributed by atoms with Gasteiger partial charge in [0.1, 0.15) is 0 Å². The third-order valence-electron chi connectivity index (χ3n) is 4.62. The highest BCUT2D eigenvalue weighted by Crippen LogP contribution is 2.34. The van der Waals surface area contributed by atoms with Crippen LogP contribution in [0.4, 0.5) is 24.5 Å². The Kier molecular flexibility index (Phi) is 6.41. The molecule has 1 aromatic heterocycles. The summed E-state index contributed by atoms with van der Waals surface area (Å²) in [6, 6.07) is 4.68. The number of benzene rings is 1. The molecule has 1 aromatic carbocycles. The summed E-state index contributed by atoms with van der Waals surface area (Å²) in [4.78, 5) is 23.9. The van der Waals surface area contributed by atoms with Gasteiger partial charge >= 0.3 is 6.18 Å². The molecule has 0 atom stereocenters. The predicted octanol–water partition coefficient (Wildman–Crippen LogP) is 3.68. The van der Waals surface area contributed by atoms with Crippen LogP contribution >= 0.6 is 0 Å². The highest BCUT2D eigenvalue weighted by Gasteiger charge is 2.32. The fraction of sp³-hybridized carbons (Fsp3) is 0.368. The van der Waals surface area contributed by atoms with Crippen LogP contribution in [0.5, 0.6) is 0 Å². The average molecular weight is 459 g/mol. The fourth-order valence-corrected chi connectivity index (χ4v) is 4.55. The number of nitrogens with zero attached hydrogens (tertiary/aromatic N) is 1. The van der Waals surface area contributed by atoms with E-state index in [1.807, 2.05) is 0 Å². The molecule has 0 bridgehead atoms. The van der Waals surface area contributed by atoms with Gasteiger partial charge in [-0.25, -0.2) is 8.42 Å². The Labute approximate surface area is 176 Å². The van der Waals surface area contributed by atoms with E-state index in [2.05, 4.69) is 10.6 Å². The van der Waals surface area contributed by atoms with Crippen molar-refractivity contribution in [3.8, 4) is 0 Å². The van der Waals surface area contributed by atoms with Gasteiger partial charge in [0.25, 0.3) is 15.9 Å². The van der Waals surface area contributed by atoms with Gasteiger partial charge in [-0.05, 0) is 43.2 Å². The van der Waals surface area contributed by atoms with Gasteiger partial charge in [0.05, 0.1) is 16.9 Å². The zero-order valence-electron chi connectivity index (χ0n) is 16.5. The maximum atomic E-state index is 13.0. The van der Waals surface area contributed by atoms with Crippen molar-refractivity contribution in [1.82, 2.24) is 4.31 Å². The van der Waals surface area contributed by atoms with Crippen molar-refractivity contribution in [2.75, 3.05) is 23.7 Å². The standard InChI is InChI=1S/C19H20F3N3O5S/c1-12(26)23-14-6-5-13(19(20,21)22)11-15(14)24-18(27)16-7-8-17(30-16)31(28,29)25-9-3-2-4-10-25/h5-8,11H,2-4,9-10H2,1H3,(H,23,26)(H,24,27). The van der Waals surface area contributed by atoms with E-state index in [-0.39, 0.29) is 11.4 Å². The minimum absolute atomic E-state index is 0.0541. The Morgan fingerprint density at radius 3 is 2.29 bits per heavy atom. The molecule has 0 saturated carbocycles. The van der Waals surface area contributed by atoms with Gasteiger partial charge in [-0.15, -0.1) is 0 Å². The van der Waals surface area contributed by atoms with Crippen molar-refractivity contribution in [2.24, 2.45) is 0 Å². The molecule has 2 N–H and O–H groups in total. The van der Waals surface area contributed by atoms with Crippen molar-refractivity contribution in [3.05, 3.63) is 41.7 Å². The first-order valence-electron chi connectivity index (χ1n) is 9.38. The topological polar surface area (TPSA) is 109 Å². The van der Waals surface area contributed by atoms with E-state index in [4.69, 9.17) is 4.42 Å². The molecule has 1 fully saturated rings. The van der Waals surface area contributed by atoms with Crippen LogP contribution in [0.15, 0.2) is 39.8 Å². The molecule has 1 aliphatic rings. The Balaban J connectivity index is 1.85. The van der Waals surface area contributed by atoms with Crippen LogP contribution in [-0.2, 0) is 21.0 Å². The average Bonchev–Trinajstić information content (AvgIpc) is 3.20. The summed E-state index contributed by atoms with van der Waals surface area (Å²) in [6.07, 6.45) is -2.32. The smallest absolute Gasteiger partial charge is 0.416 e. The number of hydrogen-bond donors (Lipinski definition) is 2. The summed E-state index contributed by atoms with van der Waals surface area (Å²) in [5.74, 6) is -1.92. The van der Waals surface area contributed by atoms with Gasteiger partial charge in [-0.3, -0.25) is 9.59 Å². The number of sulfonamides is 1. The van der Waals surface area contributed by atoms with Gasteiger partial charge in [0.15, 0.2) is 5.76 Å². The number of furan rings is 1. The number of halogens is 3. The SMILES string of the molecule is CC(=O)Nc1ccc(C(F)(F)F)cc1NC(=O)c1ccc(S(=O)(=O)N2CCCCC2)o1. The Bertz CT molecular complexity index is 1090. The van der Waals surface area contributed by atoms with E-state index in [0.717, 1.165) is 50.5 Å². The van der Waals surface area contributed by atoms with Crippen molar-refractivity contribution < 1.29 is 35.6 Å². The van der Waals surface area contributed by atoms with Gasteiger partial charge in [0.2, 0.25) is 11.0 Å². The highest BCUT2D eigenvalue weighted by atomic mass is 32.2. The zero-order valence-corrected chi connectivity index (χ0v) is 17.3. The molecule has 2 aromatic rings. The maximum absolute atomic E-state index is 13.0. The Morgan fingerprint density at radius 2 is 1.68 bits per heavy atom. The van der Waals surface area contributed by atoms with Gasteiger partial charge in [0, 0.05) is 20.0 Å². The zero-order chi connectivity index (χ0) is 22.8. The Morgan fingerprint density at radius 1 is 1.00 bits per heavy atom. The number of nitrogens with one attached hydrogen (secondary N) is 2. The highest BCUT2D eigenvalue weighted by molar-refractivity contribution is 7.89. The molecule has 0 aliphatic carbocycles. The number of anilines is 2. The maximum Gasteiger partial charge on any atom is 0.416 e. The van der Waals surface area contributed by atoms with Crippen molar-refractivity contribution in [3.63, 3.8) is 0 Å². The third kappa shape index (κ3) is 5.25. The Hall–Kier alpha value is -2.86. The lowest BCUT2D eigenvalue weighted by atomic mass is 10.1. The monoisotopic (exact) mass is 459 g/mol. The summed E-state index contributed by atoms with van der Waals surface area (Å²) in [5, 5.41) is 4.14. The molecule has 2 amide bonds. The molecule has 1 aliphatic heterocycles. The van der Waals surface area contributed by atoms with Gasteiger partial charge < -0.3 is 15.1 Å². The van der Waals surface area contributed by atoms with Crippen molar-refractivity contribution in [2.45, 2.75) is 37.5 Å². The second-order valence-corrected chi connectivity index (χ2v) is 8.85. The van der Waals surface area contributed by atoms with Crippen molar-refractivity contribution >= 4 is 33.2 Å². The molecule has 168 valence electrons.